The van der Waals surface area contributed by atoms with Gasteiger partial charge in [-0.3, -0.25) is 4.79 Å². The monoisotopic (exact) mass is 409 g/mol. The van der Waals surface area contributed by atoms with Crippen molar-refractivity contribution in [1.29, 1.82) is 5.26 Å². The van der Waals surface area contributed by atoms with Crippen LogP contribution in [0.15, 0.2) is 24.3 Å². The summed E-state index contributed by atoms with van der Waals surface area (Å²) in [4.78, 5) is 12.5. The van der Waals surface area contributed by atoms with E-state index in [2.05, 4.69) is 13.0 Å². The van der Waals surface area contributed by atoms with E-state index in [9.17, 15) is 4.79 Å². The Hall–Kier alpha value is -1.82. The maximum atomic E-state index is 12.5. The Balaban J connectivity index is 1.33. The Morgan fingerprint density at radius 3 is 2.10 bits per heavy atom. The number of ether oxygens (including phenoxy) is 1. The lowest BCUT2D eigenvalue weighted by molar-refractivity contribution is -0.140. The van der Waals surface area contributed by atoms with Crippen molar-refractivity contribution < 1.29 is 9.53 Å². The minimum Gasteiger partial charge on any atom is -0.426 e. The van der Waals surface area contributed by atoms with Gasteiger partial charge in [-0.25, -0.2) is 0 Å². The van der Waals surface area contributed by atoms with Gasteiger partial charge in [0.1, 0.15) is 5.75 Å². The average molecular weight is 410 g/mol. The van der Waals surface area contributed by atoms with Gasteiger partial charge in [-0.1, -0.05) is 58.3 Å². The summed E-state index contributed by atoms with van der Waals surface area (Å²) < 4.78 is 5.56. The molecule has 0 aromatic heterocycles. The lowest BCUT2D eigenvalue weighted by Crippen LogP contribution is -2.30. The summed E-state index contributed by atoms with van der Waals surface area (Å²) in [5.41, 5.74) is 0.585. The van der Waals surface area contributed by atoms with Crippen LogP contribution in [0.1, 0.15) is 102 Å². The Morgan fingerprint density at radius 2 is 1.50 bits per heavy atom. The zero-order chi connectivity index (χ0) is 21.2. The van der Waals surface area contributed by atoms with Gasteiger partial charge >= 0.3 is 5.97 Å². The number of nitriles is 1. The molecule has 1 aromatic carbocycles. The molecule has 0 heterocycles. The molecular formula is C27H39NO2. The van der Waals surface area contributed by atoms with Crippen molar-refractivity contribution in [2.24, 2.45) is 23.7 Å². The van der Waals surface area contributed by atoms with Crippen LogP contribution >= 0.6 is 0 Å². The van der Waals surface area contributed by atoms with Crippen molar-refractivity contribution in [3.05, 3.63) is 29.8 Å². The minimum atomic E-state index is -0.0926. The second-order valence-electron chi connectivity index (χ2n) is 9.65. The third kappa shape index (κ3) is 6.86. The summed E-state index contributed by atoms with van der Waals surface area (Å²) in [5.74, 6) is 3.17. The third-order valence-electron chi connectivity index (χ3n) is 7.58. The van der Waals surface area contributed by atoms with E-state index in [1.54, 1.807) is 24.3 Å². The summed E-state index contributed by atoms with van der Waals surface area (Å²) in [6.07, 6.45) is 18.4. The van der Waals surface area contributed by atoms with Crippen molar-refractivity contribution in [3.8, 4) is 11.8 Å². The van der Waals surface area contributed by atoms with E-state index < -0.39 is 0 Å². The second-order valence-corrected chi connectivity index (χ2v) is 9.65. The van der Waals surface area contributed by atoms with Gasteiger partial charge in [0.2, 0.25) is 0 Å². The SMILES string of the molecule is CCCCCCCC1CCC(C2CCC(C(=O)Oc3ccc(C#N)cc3)CC2)CC1. The molecule has 0 unspecified atom stereocenters. The molecule has 3 heteroatoms. The zero-order valence-corrected chi connectivity index (χ0v) is 18.8. The summed E-state index contributed by atoms with van der Waals surface area (Å²) in [5, 5.41) is 8.87. The molecule has 1 aromatic rings. The van der Waals surface area contributed by atoms with Crippen LogP contribution in [-0.4, -0.2) is 5.97 Å². The van der Waals surface area contributed by atoms with Gasteiger partial charge in [0.25, 0.3) is 0 Å². The van der Waals surface area contributed by atoms with E-state index in [-0.39, 0.29) is 11.9 Å². The fraction of sp³-hybridized carbons (Fsp3) is 0.704. The Morgan fingerprint density at radius 1 is 0.900 bits per heavy atom. The number of esters is 1. The van der Waals surface area contributed by atoms with E-state index in [1.165, 1.54) is 77.0 Å². The number of rotatable bonds is 9. The average Bonchev–Trinajstić information content (AvgIpc) is 2.80. The van der Waals surface area contributed by atoms with Gasteiger partial charge in [0.15, 0.2) is 0 Å². The number of benzene rings is 1. The highest BCUT2D eigenvalue weighted by molar-refractivity contribution is 5.75. The first-order valence-electron chi connectivity index (χ1n) is 12.4. The van der Waals surface area contributed by atoms with Gasteiger partial charge < -0.3 is 4.74 Å². The number of carbonyl (C=O) groups is 1. The molecule has 0 amide bonds. The van der Waals surface area contributed by atoms with Crippen LogP contribution < -0.4 is 4.74 Å². The smallest absolute Gasteiger partial charge is 0.314 e. The predicted octanol–water partition coefficient (Wildman–Crippen LogP) is 7.44. The Bertz CT molecular complexity index is 674. The van der Waals surface area contributed by atoms with Crippen LogP contribution in [-0.2, 0) is 4.79 Å². The van der Waals surface area contributed by atoms with Gasteiger partial charge in [0.05, 0.1) is 17.6 Å². The quantitative estimate of drug-likeness (QED) is 0.242. The highest BCUT2D eigenvalue weighted by Crippen LogP contribution is 2.42. The van der Waals surface area contributed by atoms with E-state index >= 15 is 0 Å². The molecule has 0 saturated heterocycles. The molecule has 3 rings (SSSR count). The van der Waals surface area contributed by atoms with Crippen molar-refractivity contribution in [2.75, 3.05) is 0 Å². The lowest BCUT2D eigenvalue weighted by Gasteiger charge is -2.37. The zero-order valence-electron chi connectivity index (χ0n) is 18.8. The molecule has 0 bridgehead atoms. The standard InChI is InChI=1S/C27H39NO2/c1-2-3-4-5-6-7-21-8-12-23(13-9-21)24-14-16-25(17-15-24)27(29)30-26-18-10-22(20-28)11-19-26/h10-11,18-19,21,23-25H,2-9,12-17H2,1H3. The van der Waals surface area contributed by atoms with E-state index in [4.69, 9.17) is 10.00 Å². The molecule has 0 N–H and O–H groups in total. The third-order valence-corrected chi connectivity index (χ3v) is 7.58. The highest BCUT2D eigenvalue weighted by Gasteiger charge is 2.33. The first-order chi connectivity index (χ1) is 14.7. The van der Waals surface area contributed by atoms with E-state index in [0.717, 1.165) is 30.6 Å². The normalized spacial score (nSPS) is 26.7. The van der Waals surface area contributed by atoms with Crippen LogP contribution in [0.4, 0.5) is 0 Å². The molecule has 2 saturated carbocycles. The van der Waals surface area contributed by atoms with Gasteiger partial charge in [0, 0.05) is 0 Å². The van der Waals surface area contributed by atoms with Crippen LogP contribution in [0.2, 0.25) is 0 Å². The summed E-state index contributed by atoms with van der Waals surface area (Å²) >= 11 is 0. The molecule has 30 heavy (non-hydrogen) atoms. The molecule has 0 atom stereocenters. The molecule has 2 aliphatic rings. The summed E-state index contributed by atoms with van der Waals surface area (Å²) in [6.45, 7) is 2.28. The first-order valence-corrected chi connectivity index (χ1v) is 12.4. The topological polar surface area (TPSA) is 50.1 Å². The van der Waals surface area contributed by atoms with Gasteiger partial charge in [-0.05, 0) is 80.5 Å². The largest absolute Gasteiger partial charge is 0.426 e. The molecule has 3 nitrogen and oxygen atoms in total. The van der Waals surface area contributed by atoms with E-state index in [0.29, 0.717) is 11.3 Å². The van der Waals surface area contributed by atoms with E-state index in [1.807, 2.05) is 0 Å². The number of unbranched alkanes of at least 4 members (excludes halogenated alkanes) is 4. The molecular weight excluding hydrogens is 370 g/mol. The second kappa shape index (κ2) is 12.1. The lowest BCUT2D eigenvalue weighted by atomic mass is 9.68. The number of carbonyl (C=O) groups excluding carboxylic acids is 1. The molecule has 0 spiro atoms. The van der Waals surface area contributed by atoms with Crippen molar-refractivity contribution in [2.45, 2.75) is 96.8 Å². The van der Waals surface area contributed by atoms with Crippen molar-refractivity contribution in [3.63, 3.8) is 0 Å². The van der Waals surface area contributed by atoms with Crippen LogP contribution in [0.5, 0.6) is 5.75 Å². The van der Waals surface area contributed by atoms with Gasteiger partial charge in [-0.2, -0.15) is 5.26 Å². The number of hydrogen-bond acceptors (Lipinski definition) is 3. The fourth-order valence-corrected chi connectivity index (χ4v) is 5.61. The number of hydrogen-bond donors (Lipinski definition) is 0. The van der Waals surface area contributed by atoms with Crippen LogP contribution in [0.25, 0.3) is 0 Å². The fourth-order valence-electron chi connectivity index (χ4n) is 5.61. The minimum absolute atomic E-state index is 0.0383. The molecule has 2 aliphatic carbocycles. The Labute approximate surface area is 183 Å². The van der Waals surface area contributed by atoms with Crippen LogP contribution in [0.3, 0.4) is 0 Å². The van der Waals surface area contributed by atoms with Crippen molar-refractivity contribution in [1.82, 2.24) is 0 Å². The predicted molar refractivity (Wildman–Crippen MR) is 121 cm³/mol. The Kier molecular flexibility index (Phi) is 9.25. The first kappa shape index (κ1) is 22.9. The van der Waals surface area contributed by atoms with Gasteiger partial charge in [-0.15, -0.1) is 0 Å². The highest BCUT2D eigenvalue weighted by atomic mass is 16.5. The summed E-state index contributed by atoms with van der Waals surface area (Å²) in [6, 6.07) is 8.90. The maximum Gasteiger partial charge on any atom is 0.314 e. The summed E-state index contributed by atoms with van der Waals surface area (Å²) in [7, 11) is 0. The van der Waals surface area contributed by atoms with Crippen LogP contribution in [0, 0.1) is 35.0 Å². The molecule has 0 radical (unpaired) electrons. The molecule has 0 aliphatic heterocycles. The maximum absolute atomic E-state index is 12.5. The number of nitrogens with zero attached hydrogens (tertiary/aromatic N) is 1. The molecule has 164 valence electrons. The molecule has 2 fully saturated rings. The van der Waals surface area contributed by atoms with Crippen molar-refractivity contribution >= 4 is 5.97 Å².